The van der Waals surface area contributed by atoms with Crippen molar-refractivity contribution in [3.8, 4) is 0 Å². The van der Waals surface area contributed by atoms with Crippen LogP contribution in [0.15, 0.2) is 22.6 Å². The normalized spacial score (nSPS) is 11.0. The van der Waals surface area contributed by atoms with Crippen LogP contribution in [0.2, 0.25) is 0 Å². The van der Waals surface area contributed by atoms with Crippen LogP contribution in [-0.4, -0.2) is 5.78 Å². The molecule has 0 unspecified atom stereocenters. The van der Waals surface area contributed by atoms with Crippen molar-refractivity contribution in [1.82, 2.24) is 0 Å². The number of allylic oxidation sites excluding steroid dienone is 4. The van der Waals surface area contributed by atoms with Crippen molar-refractivity contribution in [3.05, 3.63) is 22.6 Å². The molecule has 0 fully saturated rings. The summed E-state index contributed by atoms with van der Waals surface area (Å²) < 4.78 is 0. The molecule has 0 heterocycles. The van der Waals surface area contributed by atoms with Gasteiger partial charge in [0, 0.05) is 4.91 Å². The minimum Gasteiger partial charge on any atom is -0.294 e. The van der Waals surface area contributed by atoms with Gasteiger partial charge in [-0.05, 0) is 26.8 Å². The molecule has 0 aliphatic heterocycles. The van der Waals surface area contributed by atoms with Gasteiger partial charge in [-0.25, -0.2) is 0 Å². The highest BCUT2D eigenvalue weighted by atomic mass is 32.1. The SMILES string of the molecule is CC(=O)/C(S)=C/C=C(C)C. The third-order valence-corrected chi connectivity index (χ3v) is 1.40. The fraction of sp³-hybridized carbons (Fsp3) is 0.375. The monoisotopic (exact) mass is 156 g/mol. The molecule has 0 saturated heterocycles. The Labute approximate surface area is 67.2 Å². The Morgan fingerprint density at radius 1 is 1.20 bits per heavy atom. The molecule has 0 aromatic rings. The predicted octanol–water partition coefficient (Wildman–Crippen LogP) is 2.36. The second-order valence-corrected chi connectivity index (χ2v) is 2.83. The molecule has 0 aromatic heterocycles. The quantitative estimate of drug-likeness (QED) is 0.369. The molecule has 0 saturated carbocycles. The van der Waals surface area contributed by atoms with Crippen molar-refractivity contribution in [2.45, 2.75) is 20.8 Å². The highest BCUT2D eigenvalue weighted by Crippen LogP contribution is 2.02. The molecule has 0 aliphatic rings. The van der Waals surface area contributed by atoms with Gasteiger partial charge < -0.3 is 0 Å². The van der Waals surface area contributed by atoms with E-state index in [4.69, 9.17) is 0 Å². The minimum absolute atomic E-state index is 0.000772. The van der Waals surface area contributed by atoms with E-state index in [1.807, 2.05) is 19.9 Å². The molecule has 56 valence electrons. The number of Topliss-reactive ketones (excluding diaryl/α,β-unsaturated/α-hetero) is 1. The summed E-state index contributed by atoms with van der Waals surface area (Å²) in [5, 5.41) is 0. The number of carbonyl (C=O) groups is 1. The summed E-state index contributed by atoms with van der Waals surface area (Å²) in [7, 11) is 0. The highest BCUT2D eigenvalue weighted by Gasteiger charge is 1.92. The topological polar surface area (TPSA) is 17.1 Å². The first-order valence-corrected chi connectivity index (χ1v) is 3.54. The molecule has 0 radical (unpaired) electrons. The lowest BCUT2D eigenvalue weighted by molar-refractivity contribution is -0.112. The lowest BCUT2D eigenvalue weighted by Gasteiger charge is -1.88. The zero-order valence-electron chi connectivity index (χ0n) is 6.51. The summed E-state index contributed by atoms with van der Waals surface area (Å²) in [6.45, 7) is 5.44. The molecule has 0 atom stereocenters. The summed E-state index contributed by atoms with van der Waals surface area (Å²) in [6.07, 6.45) is 3.57. The van der Waals surface area contributed by atoms with E-state index in [0.29, 0.717) is 4.91 Å². The molecule has 0 N–H and O–H groups in total. The number of hydrogen-bond donors (Lipinski definition) is 1. The van der Waals surface area contributed by atoms with Crippen LogP contribution in [0.5, 0.6) is 0 Å². The van der Waals surface area contributed by atoms with Crippen LogP contribution in [0.1, 0.15) is 20.8 Å². The maximum Gasteiger partial charge on any atom is 0.165 e. The molecule has 1 nitrogen and oxygen atoms in total. The van der Waals surface area contributed by atoms with Gasteiger partial charge in [-0.1, -0.05) is 11.6 Å². The standard InChI is InChI=1S/C8H12OS/c1-6(2)4-5-8(10)7(3)9/h4-5,10H,1-3H3/b8-5-. The Balaban J connectivity index is 4.19. The van der Waals surface area contributed by atoms with Gasteiger partial charge in [0.25, 0.3) is 0 Å². The minimum atomic E-state index is 0.000772. The van der Waals surface area contributed by atoms with Crippen molar-refractivity contribution in [2.75, 3.05) is 0 Å². The van der Waals surface area contributed by atoms with Crippen LogP contribution in [0, 0.1) is 0 Å². The van der Waals surface area contributed by atoms with Gasteiger partial charge in [-0.2, -0.15) is 0 Å². The lowest BCUT2D eigenvalue weighted by atomic mass is 10.3. The van der Waals surface area contributed by atoms with E-state index in [2.05, 4.69) is 12.6 Å². The maximum absolute atomic E-state index is 10.6. The van der Waals surface area contributed by atoms with Gasteiger partial charge in [0.15, 0.2) is 5.78 Å². The summed E-state index contributed by atoms with van der Waals surface area (Å²) in [5.41, 5.74) is 1.16. The third-order valence-electron chi connectivity index (χ3n) is 0.935. The third kappa shape index (κ3) is 4.39. The van der Waals surface area contributed by atoms with Crippen LogP contribution in [-0.2, 0) is 4.79 Å². The van der Waals surface area contributed by atoms with Gasteiger partial charge in [0.05, 0.1) is 0 Å². The predicted molar refractivity (Wildman–Crippen MR) is 47.2 cm³/mol. The summed E-state index contributed by atoms with van der Waals surface area (Å²) in [4.78, 5) is 11.1. The van der Waals surface area contributed by atoms with E-state index < -0.39 is 0 Å². The van der Waals surface area contributed by atoms with Crippen LogP contribution in [0.25, 0.3) is 0 Å². The van der Waals surface area contributed by atoms with E-state index in [0.717, 1.165) is 5.57 Å². The Morgan fingerprint density at radius 3 is 2.00 bits per heavy atom. The van der Waals surface area contributed by atoms with E-state index in [1.54, 1.807) is 6.08 Å². The van der Waals surface area contributed by atoms with Crippen molar-refractivity contribution in [2.24, 2.45) is 0 Å². The van der Waals surface area contributed by atoms with Gasteiger partial charge in [0.2, 0.25) is 0 Å². The van der Waals surface area contributed by atoms with Crippen LogP contribution in [0.3, 0.4) is 0 Å². The molecule has 0 aliphatic carbocycles. The molecule has 0 spiro atoms. The molecule has 10 heavy (non-hydrogen) atoms. The maximum atomic E-state index is 10.6. The summed E-state index contributed by atoms with van der Waals surface area (Å²) in [6, 6.07) is 0. The zero-order chi connectivity index (χ0) is 8.15. The number of rotatable bonds is 2. The number of carbonyl (C=O) groups excluding carboxylic acids is 1. The summed E-state index contributed by atoms with van der Waals surface area (Å²) >= 11 is 3.97. The van der Waals surface area contributed by atoms with Crippen molar-refractivity contribution in [3.63, 3.8) is 0 Å². The van der Waals surface area contributed by atoms with Gasteiger partial charge in [-0.15, -0.1) is 12.6 Å². The largest absolute Gasteiger partial charge is 0.294 e. The number of hydrogen-bond acceptors (Lipinski definition) is 2. The average molecular weight is 156 g/mol. The Morgan fingerprint density at radius 2 is 1.70 bits per heavy atom. The van der Waals surface area contributed by atoms with Crippen LogP contribution in [0.4, 0.5) is 0 Å². The zero-order valence-corrected chi connectivity index (χ0v) is 7.40. The van der Waals surface area contributed by atoms with Crippen molar-refractivity contribution < 1.29 is 4.79 Å². The molecular weight excluding hydrogens is 144 g/mol. The number of thiol groups is 1. The highest BCUT2D eigenvalue weighted by molar-refractivity contribution is 7.85. The van der Waals surface area contributed by atoms with Crippen LogP contribution < -0.4 is 0 Å². The van der Waals surface area contributed by atoms with Crippen LogP contribution >= 0.6 is 12.6 Å². The second-order valence-electron chi connectivity index (χ2n) is 2.35. The van der Waals surface area contributed by atoms with Crippen molar-refractivity contribution in [1.29, 1.82) is 0 Å². The van der Waals surface area contributed by atoms with E-state index in [-0.39, 0.29) is 5.78 Å². The molecule has 0 aromatic carbocycles. The Hall–Kier alpha value is -0.500. The van der Waals surface area contributed by atoms with Gasteiger partial charge >= 0.3 is 0 Å². The molecule has 0 rings (SSSR count). The smallest absolute Gasteiger partial charge is 0.165 e. The van der Waals surface area contributed by atoms with Gasteiger partial charge in [-0.3, -0.25) is 4.79 Å². The average Bonchev–Trinajstić information content (AvgIpc) is 1.82. The molecule has 0 amide bonds. The van der Waals surface area contributed by atoms with E-state index in [1.165, 1.54) is 6.92 Å². The Bertz CT molecular complexity index is 185. The fourth-order valence-electron chi connectivity index (χ4n) is 0.363. The lowest BCUT2D eigenvalue weighted by Crippen LogP contribution is -1.86. The molecule has 0 bridgehead atoms. The van der Waals surface area contributed by atoms with E-state index >= 15 is 0 Å². The first-order valence-electron chi connectivity index (χ1n) is 3.09. The molecular formula is C8H12OS. The Kier molecular flexibility index (Phi) is 4.12. The first kappa shape index (κ1) is 9.50. The summed E-state index contributed by atoms with van der Waals surface area (Å²) in [5.74, 6) is 0.000772. The second kappa shape index (κ2) is 4.34. The van der Waals surface area contributed by atoms with Crippen molar-refractivity contribution >= 4 is 18.4 Å². The van der Waals surface area contributed by atoms with E-state index in [9.17, 15) is 4.79 Å². The fourth-order valence-corrected chi connectivity index (χ4v) is 0.437. The molecule has 2 heteroatoms. The first-order chi connectivity index (χ1) is 4.54. The van der Waals surface area contributed by atoms with Gasteiger partial charge in [0.1, 0.15) is 0 Å². The number of ketones is 1.